The third-order valence-corrected chi connectivity index (χ3v) is 6.52. The molecule has 2 amide bonds. The Morgan fingerprint density at radius 1 is 0.927 bits per heavy atom. The standard InChI is InChI=1S/C30H23F2N7O2/c1-2-33-22-15-16-23-34-26(18-11-6-7-13-20(18)31)27(39(23)38-22)29(40)37-28-30(41)36-25-19(12-8-14-21(25)32)24(35-28)17-9-4-3-5-10-17/h3-16,28H,2H2,1H3,(H,33,38)(H,36,41)(H,37,40)/t28-/m1/s1. The number of fused-ring (bicyclic) bond motifs is 2. The highest BCUT2D eigenvalue weighted by Crippen LogP contribution is 2.29. The lowest BCUT2D eigenvalue weighted by Gasteiger charge is -2.14. The number of anilines is 2. The largest absolute Gasteiger partial charge is 0.369 e. The SMILES string of the molecule is CCNc1ccc2nc(-c3ccccc3F)c(C(=O)N[C@H]3N=C(c4ccccc4)c4cccc(F)c4NC3=O)n2n1. The van der Waals surface area contributed by atoms with Crippen LogP contribution in [0.2, 0.25) is 0 Å². The molecule has 0 aliphatic carbocycles. The minimum Gasteiger partial charge on any atom is -0.369 e. The van der Waals surface area contributed by atoms with Crippen molar-refractivity contribution in [3.63, 3.8) is 0 Å². The van der Waals surface area contributed by atoms with Gasteiger partial charge in [0.15, 0.2) is 11.3 Å². The van der Waals surface area contributed by atoms with Crippen molar-refractivity contribution >= 4 is 34.7 Å². The zero-order chi connectivity index (χ0) is 28.5. The number of rotatable bonds is 6. The number of benzene rings is 3. The van der Waals surface area contributed by atoms with Gasteiger partial charge in [0.25, 0.3) is 11.8 Å². The fraction of sp³-hybridized carbons (Fsp3) is 0.100. The first-order valence-corrected chi connectivity index (χ1v) is 12.9. The quantitative estimate of drug-likeness (QED) is 0.284. The van der Waals surface area contributed by atoms with E-state index < -0.39 is 29.6 Å². The van der Waals surface area contributed by atoms with E-state index in [0.717, 1.165) is 0 Å². The lowest BCUT2D eigenvalue weighted by molar-refractivity contribution is -0.117. The summed E-state index contributed by atoms with van der Waals surface area (Å²) in [6.45, 7) is 2.47. The monoisotopic (exact) mass is 551 g/mol. The fourth-order valence-electron chi connectivity index (χ4n) is 4.67. The predicted molar refractivity (Wildman–Crippen MR) is 151 cm³/mol. The minimum atomic E-state index is -1.46. The third kappa shape index (κ3) is 4.78. The van der Waals surface area contributed by atoms with E-state index in [4.69, 9.17) is 0 Å². The lowest BCUT2D eigenvalue weighted by Crippen LogP contribution is -2.43. The van der Waals surface area contributed by atoms with Crippen molar-refractivity contribution in [3.8, 4) is 11.3 Å². The van der Waals surface area contributed by atoms with Crippen LogP contribution in [0.25, 0.3) is 16.9 Å². The van der Waals surface area contributed by atoms with Gasteiger partial charge in [-0.1, -0.05) is 54.6 Å². The van der Waals surface area contributed by atoms with Gasteiger partial charge in [0, 0.05) is 23.2 Å². The fourth-order valence-corrected chi connectivity index (χ4v) is 4.67. The number of imidazole rings is 1. The Labute approximate surface area is 233 Å². The zero-order valence-electron chi connectivity index (χ0n) is 21.7. The molecule has 11 heteroatoms. The normalized spacial score (nSPS) is 14.6. The number of carbonyl (C=O) groups is 2. The van der Waals surface area contributed by atoms with Gasteiger partial charge >= 0.3 is 0 Å². The van der Waals surface area contributed by atoms with Crippen molar-refractivity contribution in [1.29, 1.82) is 0 Å². The second kappa shape index (κ2) is 10.6. The number of amides is 2. The number of hydrogen-bond acceptors (Lipinski definition) is 6. The van der Waals surface area contributed by atoms with Crippen molar-refractivity contribution in [2.24, 2.45) is 4.99 Å². The molecule has 1 atom stereocenters. The Kier molecular flexibility index (Phi) is 6.68. The van der Waals surface area contributed by atoms with Crippen LogP contribution in [0.1, 0.15) is 28.5 Å². The Balaban J connectivity index is 1.47. The molecule has 0 spiro atoms. The molecule has 2 aromatic heterocycles. The molecule has 3 aromatic carbocycles. The number of carbonyl (C=O) groups excluding carboxylic acids is 2. The number of hydrogen-bond donors (Lipinski definition) is 3. The van der Waals surface area contributed by atoms with Crippen LogP contribution in [0.15, 0.2) is 89.9 Å². The molecule has 9 nitrogen and oxygen atoms in total. The summed E-state index contributed by atoms with van der Waals surface area (Å²) in [6.07, 6.45) is -1.46. The van der Waals surface area contributed by atoms with Crippen LogP contribution in [-0.4, -0.2) is 44.8 Å². The summed E-state index contributed by atoms with van der Waals surface area (Å²) in [4.78, 5) is 36.3. The summed E-state index contributed by atoms with van der Waals surface area (Å²) < 4.78 is 31.1. The molecule has 1 aliphatic rings. The molecular formula is C30H23F2N7O2. The molecule has 0 radical (unpaired) electrons. The van der Waals surface area contributed by atoms with Gasteiger partial charge in [-0.05, 0) is 37.3 Å². The highest BCUT2D eigenvalue weighted by molar-refractivity contribution is 6.20. The summed E-state index contributed by atoms with van der Waals surface area (Å²) in [5.41, 5.74) is 1.57. The molecule has 5 aromatic rings. The third-order valence-electron chi connectivity index (χ3n) is 6.52. The minimum absolute atomic E-state index is 0.0392. The maximum Gasteiger partial charge on any atom is 0.274 e. The number of benzodiazepines with no additional fused rings is 1. The van der Waals surface area contributed by atoms with Crippen molar-refractivity contribution in [2.75, 3.05) is 17.2 Å². The van der Waals surface area contributed by atoms with Crippen molar-refractivity contribution in [3.05, 3.63) is 113 Å². The van der Waals surface area contributed by atoms with Gasteiger partial charge in [-0.3, -0.25) is 9.59 Å². The molecule has 41 heavy (non-hydrogen) atoms. The Bertz CT molecular complexity index is 1840. The van der Waals surface area contributed by atoms with Crippen LogP contribution in [0.4, 0.5) is 20.3 Å². The van der Waals surface area contributed by atoms with Crippen LogP contribution >= 0.6 is 0 Å². The highest BCUT2D eigenvalue weighted by Gasteiger charge is 2.31. The maximum absolute atomic E-state index is 14.9. The Morgan fingerprint density at radius 2 is 1.66 bits per heavy atom. The van der Waals surface area contributed by atoms with Gasteiger partial charge in [-0.2, -0.15) is 0 Å². The first kappa shape index (κ1) is 25.8. The smallest absolute Gasteiger partial charge is 0.274 e. The molecule has 1 aliphatic heterocycles. The molecule has 0 saturated carbocycles. The lowest BCUT2D eigenvalue weighted by atomic mass is 10.0. The number of aliphatic imine (C=N–C) groups is 1. The molecule has 0 fully saturated rings. The van der Waals surface area contributed by atoms with Gasteiger partial charge in [0.1, 0.15) is 23.1 Å². The van der Waals surface area contributed by atoms with E-state index in [2.05, 4.69) is 31.0 Å². The van der Waals surface area contributed by atoms with Gasteiger partial charge in [-0.15, -0.1) is 5.10 Å². The van der Waals surface area contributed by atoms with Gasteiger partial charge < -0.3 is 16.0 Å². The van der Waals surface area contributed by atoms with Crippen molar-refractivity contribution in [2.45, 2.75) is 13.1 Å². The van der Waals surface area contributed by atoms with E-state index in [0.29, 0.717) is 34.8 Å². The predicted octanol–water partition coefficient (Wildman–Crippen LogP) is 4.65. The van der Waals surface area contributed by atoms with Crippen LogP contribution < -0.4 is 16.0 Å². The average Bonchev–Trinajstić information content (AvgIpc) is 3.29. The molecule has 3 N–H and O–H groups in total. The second-order valence-corrected chi connectivity index (χ2v) is 9.18. The van der Waals surface area contributed by atoms with Crippen LogP contribution in [0.5, 0.6) is 0 Å². The van der Waals surface area contributed by atoms with E-state index in [1.54, 1.807) is 48.5 Å². The molecule has 0 saturated heterocycles. The molecule has 6 rings (SSSR count). The summed E-state index contributed by atoms with van der Waals surface area (Å²) in [5.74, 6) is -2.29. The molecule has 3 heterocycles. The van der Waals surface area contributed by atoms with E-state index in [9.17, 15) is 18.4 Å². The molecule has 204 valence electrons. The maximum atomic E-state index is 14.9. The van der Waals surface area contributed by atoms with E-state index in [1.807, 2.05) is 13.0 Å². The van der Waals surface area contributed by atoms with Crippen molar-refractivity contribution < 1.29 is 18.4 Å². The van der Waals surface area contributed by atoms with E-state index >= 15 is 0 Å². The summed E-state index contributed by atoms with van der Waals surface area (Å²) >= 11 is 0. The van der Waals surface area contributed by atoms with E-state index in [1.165, 1.54) is 34.8 Å². The number of para-hydroxylation sites is 1. The van der Waals surface area contributed by atoms with Crippen molar-refractivity contribution in [1.82, 2.24) is 19.9 Å². The summed E-state index contributed by atoms with van der Waals surface area (Å²) in [5, 5.41) is 12.7. The molecular weight excluding hydrogens is 528 g/mol. The number of aromatic nitrogens is 3. The average molecular weight is 552 g/mol. The topological polar surface area (TPSA) is 113 Å². The second-order valence-electron chi connectivity index (χ2n) is 9.18. The van der Waals surface area contributed by atoms with Crippen LogP contribution in [0, 0.1) is 11.6 Å². The highest BCUT2D eigenvalue weighted by atomic mass is 19.1. The molecule has 0 unspecified atom stereocenters. The number of nitrogens with zero attached hydrogens (tertiary/aromatic N) is 4. The summed E-state index contributed by atoms with van der Waals surface area (Å²) in [6, 6.07) is 22.6. The van der Waals surface area contributed by atoms with Crippen LogP contribution in [-0.2, 0) is 4.79 Å². The number of nitrogens with one attached hydrogen (secondary N) is 3. The first-order chi connectivity index (χ1) is 19.9. The number of halogens is 2. The van der Waals surface area contributed by atoms with Gasteiger partial charge in [0.2, 0.25) is 6.17 Å². The van der Waals surface area contributed by atoms with Gasteiger partial charge in [0.05, 0.1) is 11.4 Å². The first-order valence-electron chi connectivity index (χ1n) is 12.9. The van der Waals surface area contributed by atoms with Gasteiger partial charge in [-0.25, -0.2) is 23.3 Å². The Hall–Kier alpha value is -5.45. The molecule has 0 bridgehead atoms. The summed E-state index contributed by atoms with van der Waals surface area (Å²) in [7, 11) is 0. The van der Waals surface area contributed by atoms with E-state index in [-0.39, 0.29) is 22.6 Å². The Morgan fingerprint density at radius 3 is 2.44 bits per heavy atom. The van der Waals surface area contributed by atoms with Crippen LogP contribution in [0.3, 0.4) is 0 Å². The zero-order valence-corrected chi connectivity index (χ0v) is 21.7.